The topological polar surface area (TPSA) is 63.0 Å². The number of aliphatic hydroxyl groups is 1. The van der Waals surface area contributed by atoms with E-state index >= 15 is 0 Å². The van der Waals surface area contributed by atoms with Crippen LogP contribution in [0.3, 0.4) is 0 Å². The maximum Gasteiger partial charge on any atom is 0.399 e. The van der Waals surface area contributed by atoms with Gasteiger partial charge in [-0.3, -0.25) is 4.98 Å². The molecule has 0 amide bonds. The number of halogens is 3. The zero-order valence-electron chi connectivity index (χ0n) is 17.3. The summed E-state index contributed by atoms with van der Waals surface area (Å²) in [5, 5.41) is 13.6. The van der Waals surface area contributed by atoms with Gasteiger partial charge in [-0.25, -0.2) is 4.98 Å². The molecular weight excluding hydrogens is 393 g/mol. The van der Waals surface area contributed by atoms with E-state index in [2.05, 4.69) is 10.3 Å². The van der Waals surface area contributed by atoms with E-state index in [0.717, 1.165) is 25.0 Å². The van der Waals surface area contributed by atoms with E-state index in [1.54, 1.807) is 23.9 Å². The van der Waals surface area contributed by atoms with Crippen LogP contribution in [0, 0.1) is 11.8 Å². The highest BCUT2D eigenvalue weighted by atomic mass is 19.4. The number of fused-ring (bicyclic) bond motifs is 1. The Bertz CT molecular complexity index is 932. The normalized spacial score (nSPS) is 29.6. The van der Waals surface area contributed by atoms with Gasteiger partial charge in [0.1, 0.15) is 10.9 Å². The fourth-order valence-electron chi connectivity index (χ4n) is 5.61. The lowest BCUT2D eigenvalue weighted by Crippen LogP contribution is -2.44. The summed E-state index contributed by atoms with van der Waals surface area (Å²) >= 11 is 0. The maximum absolute atomic E-state index is 13.6. The average molecular weight is 422 g/mol. The van der Waals surface area contributed by atoms with Gasteiger partial charge in [-0.1, -0.05) is 25.7 Å². The largest absolute Gasteiger partial charge is 0.399 e. The van der Waals surface area contributed by atoms with Gasteiger partial charge in [-0.2, -0.15) is 13.2 Å². The Morgan fingerprint density at radius 2 is 1.93 bits per heavy atom. The summed E-state index contributed by atoms with van der Waals surface area (Å²) in [6, 6.07) is 1.54. The van der Waals surface area contributed by atoms with Gasteiger partial charge in [-0.05, 0) is 43.6 Å². The average Bonchev–Trinajstić information content (AvgIpc) is 3.44. The summed E-state index contributed by atoms with van der Waals surface area (Å²) in [6.07, 6.45) is 4.47. The van der Waals surface area contributed by atoms with Crippen LogP contribution in [0.1, 0.15) is 68.8 Å². The second-order valence-electron chi connectivity index (χ2n) is 9.47. The SMILES string of the molecule is Cn1c(C2(C(F)(F)F)CC2)cc2ncc([C@H]3CCC[C@@H](C4CCC4)[C@H](CO)N3)nc21. The van der Waals surface area contributed by atoms with Crippen molar-refractivity contribution in [3.05, 3.63) is 23.7 Å². The van der Waals surface area contributed by atoms with Gasteiger partial charge in [0.25, 0.3) is 0 Å². The van der Waals surface area contributed by atoms with Crippen LogP contribution >= 0.6 is 0 Å². The molecule has 0 spiro atoms. The molecule has 30 heavy (non-hydrogen) atoms. The summed E-state index contributed by atoms with van der Waals surface area (Å²) in [7, 11) is 1.66. The molecule has 3 atom stereocenters. The highest BCUT2D eigenvalue weighted by Gasteiger charge is 2.65. The van der Waals surface area contributed by atoms with E-state index in [-0.39, 0.29) is 37.2 Å². The van der Waals surface area contributed by atoms with Crippen molar-refractivity contribution < 1.29 is 18.3 Å². The molecule has 0 radical (unpaired) electrons. The smallest absolute Gasteiger partial charge is 0.395 e. The molecule has 0 aromatic carbocycles. The molecule has 2 N–H and O–H groups in total. The molecule has 2 aromatic heterocycles. The lowest BCUT2D eigenvalue weighted by atomic mass is 9.71. The third kappa shape index (κ3) is 3.14. The van der Waals surface area contributed by atoms with E-state index in [0.29, 0.717) is 23.0 Å². The van der Waals surface area contributed by atoms with Crippen molar-refractivity contribution in [3.8, 4) is 0 Å². The first-order valence-electron chi connectivity index (χ1n) is 11.1. The molecule has 3 aliphatic rings. The van der Waals surface area contributed by atoms with Crippen molar-refractivity contribution in [3.63, 3.8) is 0 Å². The number of nitrogens with one attached hydrogen (secondary N) is 1. The number of aromatic nitrogens is 3. The van der Waals surface area contributed by atoms with Gasteiger partial charge >= 0.3 is 6.18 Å². The van der Waals surface area contributed by atoms with Crippen LogP contribution in [0.4, 0.5) is 13.2 Å². The van der Waals surface area contributed by atoms with Crippen molar-refractivity contribution in [1.29, 1.82) is 0 Å². The molecule has 2 aliphatic carbocycles. The van der Waals surface area contributed by atoms with E-state index in [1.165, 1.54) is 19.3 Å². The zero-order chi connectivity index (χ0) is 21.1. The van der Waals surface area contributed by atoms with Gasteiger partial charge in [0.05, 0.1) is 24.5 Å². The monoisotopic (exact) mass is 422 g/mol. The van der Waals surface area contributed by atoms with Crippen LogP contribution in [-0.2, 0) is 12.5 Å². The quantitative estimate of drug-likeness (QED) is 0.777. The Morgan fingerprint density at radius 1 is 1.20 bits per heavy atom. The fourth-order valence-corrected chi connectivity index (χ4v) is 5.61. The first kappa shape index (κ1) is 20.2. The fraction of sp³-hybridized carbons (Fsp3) is 0.727. The Kier molecular flexibility index (Phi) is 4.85. The number of hydrogen-bond acceptors (Lipinski definition) is 4. The lowest BCUT2D eigenvalue weighted by Gasteiger charge is -2.38. The van der Waals surface area contributed by atoms with Crippen LogP contribution in [0.2, 0.25) is 0 Å². The van der Waals surface area contributed by atoms with Crippen LogP contribution in [0.15, 0.2) is 12.3 Å². The van der Waals surface area contributed by atoms with Crippen molar-refractivity contribution >= 4 is 11.2 Å². The third-order valence-electron chi connectivity index (χ3n) is 7.81. The van der Waals surface area contributed by atoms with Crippen LogP contribution < -0.4 is 5.32 Å². The number of aryl methyl sites for hydroxylation is 1. The van der Waals surface area contributed by atoms with Gasteiger partial charge < -0.3 is 15.0 Å². The Morgan fingerprint density at radius 3 is 2.53 bits per heavy atom. The second kappa shape index (κ2) is 7.19. The standard InChI is InChI=1S/C22H29F3N4O/c1-29-19(21(8-9-21)22(23,24)25)10-16-20(29)28-17(11-26-16)15-7-3-6-14(13-4-2-5-13)18(12-30)27-15/h10-11,13-15,18,27,30H,2-9,12H2,1H3/t14-,15+,18-/m0/s1. The molecule has 8 heteroatoms. The minimum absolute atomic E-state index is 0.0317. The maximum atomic E-state index is 13.6. The molecule has 5 nitrogen and oxygen atoms in total. The van der Waals surface area contributed by atoms with E-state index < -0.39 is 11.6 Å². The number of alkyl halides is 3. The predicted octanol–water partition coefficient (Wildman–Crippen LogP) is 4.15. The summed E-state index contributed by atoms with van der Waals surface area (Å²) in [6.45, 7) is 0.0930. The summed E-state index contributed by atoms with van der Waals surface area (Å²) in [5.74, 6) is 1.17. The summed E-state index contributed by atoms with van der Waals surface area (Å²) in [4.78, 5) is 9.22. The molecule has 3 heterocycles. The van der Waals surface area contributed by atoms with E-state index in [4.69, 9.17) is 4.98 Å². The van der Waals surface area contributed by atoms with Gasteiger partial charge in [0.15, 0.2) is 5.65 Å². The van der Waals surface area contributed by atoms with Crippen LogP contribution in [0.5, 0.6) is 0 Å². The molecule has 1 saturated heterocycles. The number of nitrogens with zero attached hydrogens (tertiary/aromatic N) is 3. The third-order valence-corrected chi connectivity index (χ3v) is 7.81. The lowest BCUT2D eigenvalue weighted by molar-refractivity contribution is -0.162. The molecule has 3 fully saturated rings. The predicted molar refractivity (Wildman–Crippen MR) is 107 cm³/mol. The summed E-state index contributed by atoms with van der Waals surface area (Å²) in [5.41, 5.74) is 0.267. The highest BCUT2D eigenvalue weighted by Crippen LogP contribution is 2.59. The van der Waals surface area contributed by atoms with Gasteiger partial charge in [0, 0.05) is 18.8 Å². The second-order valence-corrected chi connectivity index (χ2v) is 9.47. The number of hydrogen-bond donors (Lipinski definition) is 2. The number of rotatable bonds is 4. The Labute approximate surface area is 174 Å². The van der Waals surface area contributed by atoms with Crippen molar-refractivity contribution in [1.82, 2.24) is 19.9 Å². The molecule has 0 unspecified atom stereocenters. The molecule has 1 aliphatic heterocycles. The Hall–Kier alpha value is -1.67. The highest BCUT2D eigenvalue weighted by molar-refractivity contribution is 5.74. The van der Waals surface area contributed by atoms with E-state index in [9.17, 15) is 18.3 Å². The Balaban J connectivity index is 1.44. The minimum Gasteiger partial charge on any atom is -0.395 e. The van der Waals surface area contributed by atoms with Crippen LogP contribution in [0.25, 0.3) is 11.2 Å². The van der Waals surface area contributed by atoms with Crippen molar-refractivity contribution in [2.75, 3.05) is 6.61 Å². The molecule has 2 aromatic rings. The van der Waals surface area contributed by atoms with Crippen LogP contribution in [-0.4, -0.2) is 38.5 Å². The molecule has 5 rings (SSSR count). The minimum atomic E-state index is -4.26. The number of aliphatic hydroxyl groups excluding tert-OH is 1. The molecule has 164 valence electrons. The van der Waals surface area contributed by atoms with Gasteiger partial charge in [-0.15, -0.1) is 0 Å². The first-order valence-corrected chi connectivity index (χ1v) is 11.1. The van der Waals surface area contributed by atoms with Crippen molar-refractivity contribution in [2.45, 2.75) is 75.0 Å². The summed E-state index contributed by atoms with van der Waals surface area (Å²) < 4.78 is 42.5. The van der Waals surface area contributed by atoms with Crippen molar-refractivity contribution in [2.24, 2.45) is 18.9 Å². The molecule has 2 saturated carbocycles. The van der Waals surface area contributed by atoms with E-state index in [1.807, 2.05) is 0 Å². The molecule has 0 bridgehead atoms. The molecular formula is C22H29F3N4O. The first-order chi connectivity index (χ1) is 14.3. The van der Waals surface area contributed by atoms with Gasteiger partial charge in [0.2, 0.25) is 0 Å². The zero-order valence-corrected chi connectivity index (χ0v) is 17.3.